The predicted octanol–water partition coefficient (Wildman–Crippen LogP) is 1.56. The van der Waals surface area contributed by atoms with Gasteiger partial charge in [0.15, 0.2) is 5.65 Å². The van der Waals surface area contributed by atoms with Gasteiger partial charge in [0.2, 0.25) is 5.95 Å². The van der Waals surface area contributed by atoms with Gasteiger partial charge in [0.25, 0.3) is 5.91 Å². The lowest BCUT2D eigenvalue weighted by Crippen LogP contribution is -2.44. The van der Waals surface area contributed by atoms with Gasteiger partial charge >= 0.3 is 0 Å². The number of anilines is 1. The summed E-state index contributed by atoms with van der Waals surface area (Å²) in [6.45, 7) is 3.66. The van der Waals surface area contributed by atoms with E-state index in [1.165, 1.54) is 11.1 Å². The number of nitrogens with zero attached hydrogens (tertiary/aromatic N) is 4. The molecule has 0 saturated carbocycles. The quantitative estimate of drug-likeness (QED) is 0.740. The second-order valence-electron chi connectivity index (χ2n) is 7.13. The maximum absolute atomic E-state index is 12.8. The van der Waals surface area contributed by atoms with E-state index in [4.69, 9.17) is 0 Å². The van der Waals surface area contributed by atoms with E-state index in [0.29, 0.717) is 11.2 Å². The number of pyridine rings is 1. The average Bonchev–Trinajstić information content (AvgIpc) is 3.32. The zero-order chi connectivity index (χ0) is 18.2. The molecule has 1 aromatic carbocycles. The summed E-state index contributed by atoms with van der Waals surface area (Å²) in [5, 5.41) is 11.0. The van der Waals surface area contributed by atoms with E-state index in [2.05, 4.69) is 43.8 Å². The first-order valence-corrected chi connectivity index (χ1v) is 9.49. The summed E-state index contributed by atoms with van der Waals surface area (Å²) >= 11 is 0. The number of amides is 1. The second kappa shape index (κ2) is 6.66. The standard InChI is InChI=1S/C20H22N6O/c27-19(22-17-6-5-14-3-1-2-4-16(14)17)15-7-10-26-18(13-15)23-20(24-26)25-11-8-21-9-12-25/h1-4,7,10,13,17,21H,5-6,8-9,11-12H2,(H,22,27)/t17-/m0/s1. The van der Waals surface area contributed by atoms with Gasteiger partial charge < -0.3 is 15.5 Å². The summed E-state index contributed by atoms with van der Waals surface area (Å²) in [6, 6.07) is 12.0. The van der Waals surface area contributed by atoms with E-state index in [1.54, 1.807) is 10.6 Å². The topological polar surface area (TPSA) is 74.6 Å². The van der Waals surface area contributed by atoms with Crippen LogP contribution in [-0.4, -0.2) is 46.7 Å². The highest BCUT2D eigenvalue weighted by Crippen LogP contribution is 2.30. The van der Waals surface area contributed by atoms with Crippen molar-refractivity contribution >= 4 is 17.5 Å². The molecule has 2 aliphatic rings. The van der Waals surface area contributed by atoms with Crippen molar-refractivity contribution in [3.63, 3.8) is 0 Å². The molecule has 1 fully saturated rings. The zero-order valence-electron chi connectivity index (χ0n) is 15.1. The third-order valence-corrected chi connectivity index (χ3v) is 5.43. The van der Waals surface area contributed by atoms with Crippen LogP contribution in [0.15, 0.2) is 42.6 Å². The van der Waals surface area contributed by atoms with E-state index in [1.807, 2.05) is 18.3 Å². The third-order valence-electron chi connectivity index (χ3n) is 5.43. The van der Waals surface area contributed by atoms with Crippen LogP contribution in [0.5, 0.6) is 0 Å². The third kappa shape index (κ3) is 3.04. The minimum atomic E-state index is -0.0640. The molecule has 0 spiro atoms. The molecule has 7 nitrogen and oxygen atoms in total. The van der Waals surface area contributed by atoms with Crippen LogP contribution in [0.3, 0.4) is 0 Å². The van der Waals surface area contributed by atoms with Crippen LogP contribution >= 0.6 is 0 Å². The van der Waals surface area contributed by atoms with Crippen LogP contribution in [0.1, 0.15) is 33.9 Å². The first kappa shape index (κ1) is 16.3. The molecule has 0 bridgehead atoms. The molecule has 0 radical (unpaired) electrons. The molecule has 1 saturated heterocycles. The summed E-state index contributed by atoms with van der Waals surface area (Å²) in [6.07, 6.45) is 3.77. The van der Waals surface area contributed by atoms with Crippen LogP contribution in [0.25, 0.3) is 5.65 Å². The molecule has 2 N–H and O–H groups in total. The molecule has 7 heteroatoms. The van der Waals surface area contributed by atoms with Gasteiger partial charge in [-0.3, -0.25) is 4.79 Å². The highest BCUT2D eigenvalue weighted by Gasteiger charge is 2.24. The van der Waals surface area contributed by atoms with Gasteiger partial charge in [-0.05, 0) is 36.1 Å². The van der Waals surface area contributed by atoms with Gasteiger partial charge in [-0.15, -0.1) is 5.10 Å². The van der Waals surface area contributed by atoms with Gasteiger partial charge in [0, 0.05) is 37.9 Å². The summed E-state index contributed by atoms with van der Waals surface area (Å²) in [4.78, 5) is 19.6. The van der Waals surface area contributed by atoms with Gasteiger partial charge in [-0.25, -0.2) is 4.52 Å². The van der Waals surface area contributed by atoms with Gasteiger partial charge in [-0.1, -0.05) is 24.3 Å². The number of carbonyl (C=O) groups excluding carboxylic acids is 1. The number of benzene rings is 1. The maximum atomic E-state index is 12.8. The smallest absolute Gasteiger partial charge is 0.251 e. The Morgan fingerprint density at radius 3 is 2.93 bits per heavy atom. The summed E-state index contributed by atoms with van der Waals surface area (Å²) < 4.78 is 1.74. The summed E-state index contributed by atoms with van der Waals surface area (Å²) in [5.74, 6) is 0.657. The number of piperazine rings is 1. The minimum absolute atomic E-state index is 0.0640. The normalized spacial score (nSPS) is 19.3. The van der Waals surface area contributed by atoms with Crippen LogP contribution in [0.4, 0.5) is 5.95 Å². The average molecular weight is 362 g/mol. The second-order valence-corrected chi connectivity index (χ2v) is 7.13. The lowest BCUT2D eigenvalue weighted by atomic mass is 10.1. The van der Waals surface area contributed by atoms with Crippen LogP contribution < -0.4 is 15.5 Å². The first-order chi connectivity index (χ1) is 13.3. The molecule has 3 aromatic rings. The number of aryl methyl sites for hydroxylation is 1. The fourth-order valence-electron chi connectivity index (χ4n) is 3.96. The maximum Gasteiger partial charge on any atom is 0.251 e. The van der Waals surface area contributed by atoms with Crippen molar-refractivity contribution in [2.24, 2.45) is 0 Å². The molecule has 0 unspecified atom stereocenters. The minimum Gasteiger partial charge on any atom is -0.345 e. The predicted molar refractivity (Wildman–Crippen MR) is 103 cm³/mol. The molecule has 2 aromatic heterocycles. The Kier molecular flexibility index (Phi) is 4.01. The van der Waals surface area contributed by atoms with E-state index in [0.717, 1.165) is 45.0 Å². The Balaban J connectivity index is 1.36. The highest BCUT2D eigenvalue weighted by atomic mass is 16.1. The van der Waals surface area contributed by atoms with Crippen LogP contribution in [0, 0.1) is 0 Å². The Morgan fingerprint density at radius 2 is 2.04 bits per heavy atom. The first-order valence-electron chi connectivity index (χ1n) is 9.49. The van der Waals surface area contributed by atoms with Crippen molar-refractivity contribution in [3.05, 3.63) is 59.3 Å². The fourth-order valence-corrected chi connectivity index (χ4v) is 3.96. The number of carbonyl (C=O) groups is 1. The largest absolute Gasteiger partial charge is 0.345 e. The SMILES string of the molecule is O=C(N[C@H]1CCc2ccccc21)c1ccn2nc(N3CCNCC3)nc2c1. The molecule has 3 heterocycles. The molecule has 27 heavy (non-hydrogen) atoms. The molecular formula is C20H22N6O. The van der Waals surface area contributed by atoms with E-state index in [9.17, 15) is 4.79 Å². The van der Waals surface area contributed by atoms with E-state index >= 15 is 0 Å². The van der Waals surface area contributed by atoms with Crippen molar-refractivity contribution in [3.8, 4) is 0 Å². The molecule has 5 rings (SSSR count). The van der Waals surface area contributed by atoms with Crippen LogP contribution in [-0.2, 0) is 6.42 Å². The van der Waals surface area contributed by atoms with E-state index in [-0.39, 0.29) is 11.9 Å². The molecule has 1 aliphatic carbocycles. The van der Waals surface area contributed by atoms with Crippen LogP contribution in [0.2, 0.25) is 0 Å². The molecular weight excluding hydrogens is 340 g/mol. The van der Waals surface area contributed by atoms with Gasteiger partial charge in [-0.2, -0.15) is 4.98 Å². The molecule has 1 aliphatic heterocycles. The number of fused-ring (bicyclic) bond motifs is 2. The van der Waals surface area contributed by atoms with Crippen molar-refractivity contribution in [2.75, 3.05) is 31.1 Å². The summed E-state index contributed by atoms with van der Waals surface area (Å²) in [5.41, 5.74) is 3.88. The van der Waals surface area contributed by atoms with Crippen molar-refractivity contribution in [1.82, 2.24) is 25.2 Å². The number of rotatable bonds is 3. The molecule has 138 valence electrons. The Morgan fingerprint density at radius 1 is 1.19 bits per heavy atom. The van der Waals surface area contributed by atoms with Gasteiger partial charge in [0.05, 0.1) is 6.04 Å². The lowest BCUT2D eigenvalue weighted by Gasteiger charge is -2.25. The monoisotopic (exact) mass is 362 g/mol. The Hall–Kier alpha value is -2.93. The van der Waals surface area contributed by atoms with E-state index < -0.39 is 0 Å². The Bertz CT molecular complexity index is 991. The zero-order valence-corrected chi connectivity index (χ0v) is 15.1. The fraction of sp³-hybridized carbons (Fsp3) is 0.350. The molecule has 1 amide bonds. The van der Waals surface area contributed by atoms with Gasteiger partial charge in [0.1, 0.15) is 0 Å². The Labute approximate surface area is 157 Å². The number of hydrogen-bond acceptors (Lipinski definition) is 5. The van der Waals surface area contributed by atoms with Crippen molar-refractivity contribution < 1.29 is 4.79 Å². The van der Waals surface area contributed by atoms with Crippen molar-refractivity contribution in [1.29, 1.82) is 0 Å². The highest BCUT2D eigenvalue weighted by molar-refractivity contribution is 5.95. The number of hydrogen-bond donors (Lipinski definition) is 2. The lowest BCUT2D eigenvalue weighted by molar-refractivity contribution is 0.0936. The molecule has 1 atom stereocenters. The number of nitrogens with one attached hydrogen (secondary N) is 2. The van der Waals surface area contributed by atoms with Crippen molar-refractivity contribution in [2.45, 2.75) is 18.9 Å². The summed E-state index contributed by atoms with van der Waals surface area (Å²) in [7, 11) is 0. The number of aromatic nitrogens is 3.